The van der Waals surface area contributed by atoms with Gasteiger partial charge in [-0.1, -0.05) is 12.1 Å². The maximum Gasteiger partial charge on any atom is 0.221 e. The van der Waals surface area contributed by atoms with E-state index < -0.39 is 0 Å². The van der Waals surface area contributed by atoms with E-state index in [0.29, 0.717) is 0 Å². The number of H-pyrrole nitrogens is 1. The fourth-order valence-electron chi connectivity index (χ4n) is 3.24. The summed E-state index contributed by atoms with van der Waals surface area (Å²) in [7, 11) is 0. The van der Waals surface area contributed by atoms with Crippen LogP contribution in [0.1, 0.15) is 43.3 Å². The number of rotatable bonds is 3. The van der Waals surface area contributed by atoms with E-state index in [0.717, 1.165) is 45.2 Å². The van der Waals surface area contributed by atoms with Crippen LogP contribution < -0.4 is 5.32 Å². The summed E-state index contributed by atoms with van der Waals surface area (Å²) in [6.07, 6.45) is 2.10. The molecule has 1 aromatic carbocycles. The molecule has 0 bridgehead atoms. The van der Waals surface area contributed by atoms with E-state index in [9.17, 15) is 4.79 Å². The van der Waals surface area contributed by atoms with Crippen LogP contribution in [-0.4, -0.2) is 16.6 Å². The minimum Gasteiger partial charge on any atom is -0.358 e. The zero-order valence-electron chi connectivity index (χ0n) is 15.3. The van der Waals surface area contributed by atoms with Crippen LogP contribution in [0.4, 0.5) is 5.69 Å². The zero-order chi connectivity index (χ0) is 18.1. The van der Waals surface area contributed by atoms with E-state index in [1.807, 2.05) is 31.2 Å². The summed E-state index contributed by atoms with van der Waals surface area (Å²) in [5.74, 6) is -0.0723. The van der Waals surface area contributed by atoms with Crippen molar-refractivity contribution in [2.45, 2.75) is 34.6 Å². The number of nitrogens with zero attached hydrogens (tertiary/aromatic N) is 1. The standard InChI is InChI=1S/C21H23N3O/c1-12-10-14(3)22-20(12)19(21-13(2)11-15(4)23-21)17-6-8-18(9-7-17)24-16(5)25/h6-11,22H,1-5H3,(H,24,25)/b21-19-. The largest absolute Gasteiger partial charge is 0.358 e. The maximum absolute atomic E-state index is 11.2. The van der Waals surface area contributed by atoms with E-state index >= 15 is 0 Å². The predicted molar refractivity (Wildman–Crippen MR) is 104 cm³/mol. The van der Waals surface area contributed by atoms with Crippen molar-refractivity contribution in [3.05, 3.63) is 70.2 Å². The molecule has 25 heavy (non-hydrogen) atoms. The Morgan fingerprint density at radius 2 is 1.76 bits per heavy atom. The van der Waals surface area contributed by atoms with Gasteiger partial charge in [0.25, 0.3) is 0 Å². The molecular formula is C21H23N3O. The third-order valence-electron chi connectivity index (χ3n) is 4.22. The lowest BCUT2D eigenvalue weighted by atomic mass is 9.96. The van der Waals surface area contributed by atoms with Crippen molar-refractivity contribution in [1.82, 2.24) is 4.98 Å². The number of amides is 1. The third-order valence-corrected chi connectivity index (χ3v) is 4.22. The van der Waals surface area contributed by atoms with E-state index in [4.69, 9.17) is 4.99 Å². The molecule has 1 aliphatic heterocycles. The van der Waals surface area contributed by atoms with E-state index in [1.165, 1.54) is 12.5 Å². The number of carbonyl (C=O) groups excluding carboxylic acids is 1. The highest BCUT2D eigenvalue weighted by Gasteiger charge is 2.19. The number of anilines is 1. The van der Waals surface area contributed by atoms with Crippen LogP contribution in [0.3, 0.4) is 0 Å². The van der Waals surface area contributed by atoms with Crippen LogP contribution in [0, 0.1) is 13.8 Å². The van der Waals surface area contributed by atoms with Crippen LogP contribution in [0.15, 0.2) is 52.7 Å². The first kappa shape index (κ1) is 17.0. The number of allylic oxidation sites excluding steroid dienone is 2. The van der Waals surface area contributed by atoms with Crippen molar-refractivity contribution >= 4 is 22.9 Å². The average Bonchev–Trinajstić information content (AvgIpc) is 3.02. The molecule has 0 radical (unpaired) electrons. The Hall–Kier alpha value is -2.88. The number of aliphatic imine (C=N–C) groups is 1. The lowest BCUT2D eigenvalue weighted by Gasteiger charge is -2.13. The Morgan fingerprint density at radius 3 is 2.24 bits per heavy atom. The van der Waals surface area contributed by atoms with Gasteiger partial charge in [-0.05, 0) is 68.7 Å². The quantitative estimate of drug-likeness (QED) is 0.835. The Balaban J connectivity index is 2.16. The number of hydrogen-bond acceptors (Lipinski definition) is 2. The summed E-state index contributed by atoms with van der Waals surface area (Å²) >= 11 is 0. The Bertz CT molecular complexity index is 925. The Morgan fingerprint density at radius 1 is 1.08 bits per heavy atom. The van der Waals surface area contributed by atoms with Gasteiger partial charge >= 0.3 is 0 Å². The fourth-order valence-corrected chi connectivity index (χ4v) is 3.24. The summed E-state index contributed by atoms with van der Waals surface area (Å²) in [6, 6.07) is 10.0. The number of benzene rings is 1. The highest BCUT2D eigenvalue weighted by molar-refractivity contribution is 6.01. The first-order valence-corrected chi connectivity index (χ1v) is 8.38. The van der Waals surface area contributed by atoms with Gasteiger partial charge in [0, 0.05) is 29.6 Å². The topological polar surface area (TPSA) is 57.2 Å². The highest BCUT2D eigenvalue weighted by Crippen LogP contribution is 2.35. The molecule has 0 atom stereocenters. The molecule has 3 rings (SSSR count). The van der Waals surface area contributed by atoms with Crippen LogP contribution in [0.25, 0.3) is 5.57 Å². The summed E-state index contributed by atoms with van der Waals surface area (Å²) < 4.78 is 0. The van der Waals surface area contributed by atoms with Gasteiger partial charge in [0.05, 0.1) is 11.4 Å². The SMILES string of the molecule is CC(=O)Nc1ccc(/C(=C2/N=C(C)C=C2C)c2[nH]c(C)cc2C)cc1. The molecule has 0 saturated carbocycles. The maximum atomic E-state index is 11.2. The van der Waals surface area contributed by atoms with Crippen LogP contribution >= 0.6 is 0 Å². The van der Waals surface area contributed by atoms with Crippen molar-refractivity contribution in [2.75, 3.05) is 5.32 Å². The molecule has 2 heterocycles. The molecule has 0 unspecified atom stereocenters. The Labute approximate surface area is 148 Å². The van der Waals surface area contributed by atoms with Crippen LogP contribution in [-0.2, 0) is 4.79 Å². The second kappa shape index (κ2) is 6.55. The van der Waals surface area contributed by atoms with Crippen molar-refractivity contribution in [2.24, 2.45) is 4.99 Å². The van der Waals surface area contributed by atoms with E-state index in [2.05, 4.69) is 43.2 Å². The van der Waals surface area contributed by atoms with Gasteiger partial charge < -0.3 is 10.3 Å². The lowest BCUT2D eigenvalue weighted by molar-refractivity contribution is -0.114. The number of aromatic nitrogens is 1. The second-order valence-electron chi connectivity index (χ2n) is 6.57. The molecule has 0 saturated heterocycles. The molecule has 4 nitrogen and oxygen atoms in total. The summed E-state index contributed by atoms with van der Waals surface area (Å²) in [5, 5.41) is 2.81. The molecule has 0 aliphatic carbocycles. The number of nitrogens with one attached hydrogen (secondary N) is 2. The lowest BCUT2D eigenvalue weighted by Crippen LogP contribution is -2.05. The first-order valence-electron chi connectivity index (χ1n) is 8.38. The van der Waals surface area contributed by atoms with Crippen molar-refractivity contribution in [3.63, 3.8) is 0 Å². The van der Waals surface area contributed by atoms with Gasteiger partial charge in [0.2, 0.25) is 5.91 Å². The van der Waals surface area contributed by atoms with E-state index in [-0.39, 0.29) is 5.91 Å². The molecule has 1 amide bonds. The third kappa shape index (κ3) is 3.48. The molecule has 0 fully saturated rings. The minimum atomic E-state index is -0.0723. The van der Waals surface area contributed by atoms with Gasteiger partial charge in [-0.15, -0.1) is 0 Å². The fraction of sp³-hybridized carbons (Fsp3) is 0.238. The van der Waals surface area contributed by atoms with Crippen LogP contribution in [0.5, 0.6) is 0 Å². The van der Waals surface area contributed by atoms with Crippen molar-refractivity contribution in [3.8, 4) is 0 Å². The van der Waals surface area contributed by atoms with Crippen molar-refractivity contribution in [1.29, 1.82) is 0 Å². The minimum absolute atomic E-state index is 0.0723. The summed E-state index contributed by atoms with van der Waals surface area (Å²) in [4.78, 5) is 19.5. The molecule has 2 aromatic rings. The molecule has 128 valence electrons. The molecular weight excluding hydrogens is 310 g/mol. The first-order chi connectivity index (χ1) is 11.8. The second-order valence-corrected chi connectivity index (χ2v) is 6.57. The van der Waals surface area contributed by atoms with Gasteiger partial charge in [0.1, 0.15) is 0 Å². The molecule has 1 aliphatic rings. The normalized spacial score (nSPS) is 15.7. The van der Waals surface area contributed by atoms with Crippen LogP contribution in [0.2, 0.25) is 0 Å². The highest BCUT2D eigenvalue weighted by atomic mass is 16.1. The van der Waals surface area contributed by atoms with Gasteiger partial charge in [-0.25, -0.2) is 0 Å². The molecule has 0 spiro atoms. The number of aromatic amines is 1. The predicted octanol–water partition coefficient (Wildman–Crippen LogP) is 4.77. The monoisotopic (exact) mass is 333 g/mol. The van der Waals surface area contributed by atoms with Gasteiger partial charge in [-0.2, -0.15) is 0 Å². The molecule has 4 heteroatoms. The van der Waals surface area contributed by atoms with Gasteiger partial charge in [-0.3, -0.25) is 9.79 Å². The summed E-state index contributed by atoms with van der Waals surface area (Å²) in [6.45, 7) is 9.78. The number of hydrogen-bond donors (Lipinski definition) is 2. The molecule has 1 aromatic heterocycles. The number of aryl methyl sites for hydroxylation is 2. The Kier molecular flexibility index (Phi) is 4.45. The average molecular weight is 333 g/mol. The number of carbonyl (C=O) groups is 1. The van der Waals surface area contributed by atoms with Crippen molar-refractivity contribution < 1.29 is 4.79 Å². The smallest absolute Gasteiger partial charge is 0.221 e. The summed E-state index contributed by atoms with van der Waals surface area (Å²) in [5.41, 5.74) is 9.52. The van der Waals surface area contributed by atoms with Gasteiger partial charge in [0.15, 0.2) is 0 Å². The van der Waals surface area contributed by atoms with E-state index in [1.54, 1.807) is 0 Å². The zero-order valence-corrected chi connectivity index (χ0v) is 15.3. The molecule has 2 N–H and O–H groups in total.